The van der Waals surface area contributed by atoms with Gasteiger partial charge in [0, 0.05) is 25.1 Å². The highest BCUT2D eigenvalue weighted by molar-refractivity contribution is 7.09. The molecule has 0 bridgehead atoms. The van der Waals surface area contributed by atoms with Crippen molar-refractivity contribution in [3.05, 3.63) is 29.8 Å². The second-order valence-corrected chi connectivity index (χ2v) is 7.38. The minimum absolute atomic E-state index is 0.318. The lowest BCUT2D eigenvalue weighted by molar-refractivity contribution is 0.0671. The van der Waals surface area contributed by atoms with Gasteiger partial charge in [-0.05, 0) is 56.8 Å². The van der Waals surface area contributed by atoms with Crippen LogP contribution in [0.25, 0.3) is 10.6 Å². The van der Waals surface area contributed by atoms with Gasteiger partial charge in [-0.2, -0.15) is 0 Å². The molecule has 0 spiro atoms. The van der Waals surface area contributed by atoms with Gasteiger partial charge in [0.1, 0.15) is 11.0 Å². The lowest BCUT2D eigenvalue weighted by Crippen LogP contribution is -2.40. The van der Waals surface area contributed by atoms with Crippen molar-refractivity contribution < 1.29 is 9.26 Å². The van der Waals surface area contributed by atoms with E-state index in [0.29, 0.717) is 12.0 Å². The number of aromatic nitrogens is 3. The van der Waals surface area contributed by atoms with Crippen molar-refractivity contribution in [1.82, 2.24) is 19.6 Å². The zero-order valence-corrected chi connectivity index (χ0v) is 14.7. The van der Waals surface area contributed by atoms with E-state index in [4.69, 9.17) is 9.26 Å². The van der Waals surface area contributed by atoms with Gasteiger partial charge in [0.2, 0.25) is 0 Å². The summed E-state index contributed by atoms with van der Waals surface area (Å²) in [5.74, 6) is 1.19. The van der Waals surface area contributed by atoms with Crippen LogP contribution in [0.3, 0.4) is 0 Å². The molecule has 0 aliphatic carbocycles. The summed E-state index contributed by atoms with van der Waals surface area (Å²) in [5, 5.41) is 8.41. The van der Waals surface area contributed by atoms with E-state index in [1.807, 2.05) is 19.3 Å². The molecule has 0 unspecified atom stereocenters. The van der Waals surface area contributed by atoms with E-state index in [-0.39, 0.29) is 0 Å². The lowest BCUT2D eigenvalue weighted by atomic mass is 9.93. The minimum Gasteiger partial charge on any atom is -0.497 e. The predicted octanol–water partition coefficient (Wildman–Crippen LogP) is 3.37. The number of aryl methyl sites for hydroxylation is 1. The Labute approximate surface area is 145 Å². The molecule has 0 radical (unpaired) electrons. The van der Waals surface area contributed by atoms with Crippen molar-refractivity contribution in [3.8, 4) is 10.6 Å². The van der Waals surface area contributed by atoms with Crippen LogP contribution in [0.2, 0.25) is 0 Å². The van der Waals surface area contributed by atoms with Gasteiger partial charge in [-0.3, -0.25) is 4.90 Å². The highest BCUT2D eigenvalue weighted by atomic mass is 32.1. The number of piperidine rings is 1. The SMILES string of the molecule is Cc1cc(-c2snnc2[C@@H]2CCCN(C[C@@H]3CCC=CO3)C2)on1. The molecule has 2 aliphatic heterocycles. The van der Waals surface area contributed by atoms with Crippen LogP contribution in [0.15, 0.2) is 22.9 Å². The van der Waals surface area contributed by atoms with E-state index in [2.05, 4.69) is 25.7 Å². The van der Waals surface area contributed by atoms with E-state index in [9.17, 15) is 0 Å². The van der Waals surface area contributed by atoms with Gasteiger partial charge in [-0.15, -0.1) is 5.10 Å². The van der Waals surface area contributed by atoms with Crippen molar-refractivity contribution in [3.63, 3.8) is 0 Å². The Morgan fingerprint density at radius 1 is 1.38 bits per heavy atom. The summed E-state index contributed by atoms with van der Waals surface area (Å²) >= 11 is 1.40. The highest BCUT2D eigenvalue weighted by Crippen LogP contribution is 2.35. The molecule has 2 aromatic heterocycles. The summed E-state index contributed by atoms with van der Waals surface area (Å²) in [6.07, 6.45) is 8.82. The fraction of sp³-hybridized carbons (Fsp3) is 0.588. The summed E-state index contributed by atoms with van der Waals surface area (Å²) in [5.41, 5.74) is 1.95. The van der Waals surface area contributed by atoms with Gasteiger partial charge < -0.3 is 9.26 Å². The van der Waals surface area contributed by atoms with Crippen molar-refractivity contribution in [1.29, 1.82) is 0 Å². The first-order chi connectivity index (χ1) is 11.8. The number of likely N-dealkylation sites (tertiary alicyclic amines) is 1. The minimum atomic E-state index is 0.318. The zero-order chi connectivity index (χ0) is 16.4. The largest absolute Gasteiger partial charge is 0.497 e. The number of allylic oxidation sites excluding steroid dienone is 1. The average Bonchev–Trinajstić information content (AvgIpc) is 3.24. The third kappa shape index (κ3) is 3.37. The van der Waals surface area contributed by atoms with Crippen LogP contribution < -0.4 is 0 Å². The number of hydrogen-bond donors (Lipinski definition) is 0. The van der Waals surface area contributed by atoms with Gasteiger partial charge >= 0.3 is 0 Å². The van der Waals surface area contributed by atoms with Crippen LogP contribution in [0, 0.1) is 6.92 Å². The van der Waals surface area contributed by atoms with Crippen LogP contribution in [0.4, 0.5) is 0 Å². The van der Waals surface area contributed by atoms with Crippen LogP contribution in [-0.4, -0.2) is 45.4 Å². The first kappa shape index (κ1) is 15.8. The second kappa shape index (κ2) is 7.03. The number of ether oxygens (including phenoxy) is 1. The molecule has 2 aromatic rings. The van der Waals surface area contributed by atoms with E-state index < -0.39 is 0 Å². The summed E-state index contributed by atoms with van der Waals surface area (Å²) in [7, 11) is 0. The predicted molar refractivity (Wildman–Crippen MR) is 91.8 cm³/mol. The quantitative estimate of drug-likeness (QED) is 0.846. The van der Waals surface area contributed by atoms with Gasteiger partial charge in [0.05, 0.1) is 17.6 Å². The van der Waals surface area contributed by atoms with Gasteiger partial charge in [-0.25, -0.2) is 0 Å². The summed E-state index contributed by atoms with van der Waals surface area (Å²) in [6, 6.07) is 1.96. The van der Waals surface area contributed by atoms with Crippen LogP contribution in [0.5, 0.6) is 0 Å². The van der Waals surface area contributed by atoms with Gasteiger partial charge in [0.15, 0.2) is 5.76 Å². The molecular weight excluding hydrogens is 324 g/mol. The standard InChI is InChI=1S/C17H22N4O2S/c1-12-9-15(23-19-12)17-16(18-20-24-17)13-5-4-7-21(10-13)11-14-6-2-3-8-22-14/h3,8-9,13-14H,2,4-7,10-11H2,1H3/t13-,14+/m1/s1. The first-order valence-electron chi connectivity index (χ1n) is 8.58. The van der Waals surface area contributed by atoms with Gasteiger partial charge in [0.25, 0.3) is 0 Å². The number of hydrogen-bond acceptors (Lipinski definition) is 7. The lowest BCUT2D eigenvalue weighted by Gasteiger charge is -2.34. The topological polar surface area (TPSA) is 64.3 Å². The Bertz CT molecular complexity index is 711. The molecule has 1 fully saturated rings. The van der Waals surface area contributed by atoms with Crippen LogP contribution >= 0.6 is 11.5 Å². The zero-order valence-electron chi connectivity index (χ0n) is 13.9. The van der Waals surface area contributed by atoms with Crippen LogP contribution in [0.1, 0.15) is 43.0 Å². The molecule has 6 nitrogen and oxygen atoms in total. The van der Waals surface area contributed by atoms with Crippen molar-refractivity contribution >= 4 is 11.5 Å². The Hall–Kier alpha value is -1.73. The maximum Gasteiger partial charge on any atom is 0.180 e. The normalized spacial score (nSPS) is 24.9. The van der Waals surface area contributed by atoms with E-state index in [0.717, 1.165) is 60.9 Å². The van der Waals surface area contributed by atoms with Crippen molar-refractivity contribution in [2.75, 3.05) is 19.6 Å². The number of rotatable bonds is 4. The highest BCUT2D eigenvalue weighted by Gasteiger charge is 2.29. The number of nitrogens with zero attached hydrogens (tertiary/aromatic N) is 4. The second-order valence-electron chi connectivity index (χ2n) is 6.63. The van der Waals surface area contributed by atoms with E-state index in [1.165, 1.54) is 18.0 Å². The van der Waals surface area contributed by atoms with E-state index >= 15 is 0 Å². The average molecular weight is 346 g/mol. The van der Waals surface area contributed by atoms with Crippen molar-refractivity contribution in [2.24, 2.45) is 0 Å². The maximum atomic E-state index is 5.73. The molecule has 4 heterocycles. The third-order valence-corrected chi connectivity index (χ3v) is 5.50. The molecule has 128 valence electrons. The molecule has 2 aliphatic rings. The smallest absolute Gasteiger partial charge is 0.180 e. The third-order valence-electron chi connectivity index (χ3n) is 4.74. The van der Waals surface area contributed by atoms with Gasteiger partial charge in [-0.1, -0.05) is 9.64 Å². The molecule has 2 atom stereocenters. The molecular formula is C17H22N4O2S. The summed E-state index contributed by atoms with van der Waals surface area (Å²) < 4.78 is 15.3. The Kier molecular flexibility index (Phi) is 4.62. The molecule has 0 amide bonds. The maximum absolute atomic E-state index is 5.73. The fourth-order valence-corrected chi connectivity index (χ4v) is 4.26. The molecule has 24 heavy (non-hydrogen) atoms. The fourth-order valence-electron chi connectivity index (χ4n) is 3.56. The molecule has 0 saturated carbocycles. The van der Waals surface area contributed by atoms with E-state index in [1.54, 1.807) is 0 Å². The molecule has 4 rings (SSSR count). The summed E-state index contributed by atoms with van der Waals surface area (Å²) in [6.45, 7) is 5.07. The van der Waals surface area contributed by atoms with Crippen molar-refractivity contribution in [2.45, 2.75) is 44.6 Å². The first-order valence-corrected chi connectivity index (χ1v) is 9.35. The molecule has 0 N–H and O–H groups in total. The molecule has 7 heteroatoms. The summed E-state index contributed by atoms with van der Waals surface area (Å²) in [4.78, 5) is 3.53. The Morgan fingerprint density at radius 2 is 2.33 bits per heavy atom. The van der Waals surface area contributed by atoms with Crippen LogP contribution in [-0.2, 0) is 4.74 Å². The molecule has 1 saturated heterocycles. The Morgan fingerprint density at radius 3 is 3.12 bits per heavy atom. The Balaban J connectivity index is 1.46. The molecule has 0 aromatic carbocycles. The monoisotopic (exact) mass is 346 g/mol.